The number of anilines is 4. The Morgan fingerprint density at radius 1 is 1.05 bits per heavy atom. The van der Waals surface area contributed by atoms with Crippen LogP contribution in [0.1, 0.15) is 0 Å². The van der Waals surface area contributed by atoms with Crippen molar-refractivity contribution in [3.05, 3.63) is 30.6 Å². The minimum absolute atomic E-state index is 0.416. The van der Waals surface area contributed by atoms with Crippen LogP contribution in [0, 0.1) is 0 Å². The Labute approximate surface area is 117 Å². The number of nitrogens with zero attached hydrogens (tertiary/aromatic N) is 4. The van der Waals surface area contributed by atoms with Gasteiger partial charge in [0.1, 0.15) is 12.5 Å². The molecule has 3 rings (SSSR count). The van der Waals surface area contributed by atoms with Crippen molar-refractivity contribution in [2.24, 2.45) is 0 Å². The van der Waals surface area contributed by atoms with Gasteiger partial charge in [-0.05, 0) is 12.1 Å². The fourth-order valence-electron chi connectivity index (χ4n) is 2.37. The van der Waals surface area contributed by atoms with Crippen molar-refractivity contribution in [2.75, 3.05) is 37.8 Å². The quantitative estimate of drug-likeness (QED) is 0.854. The Kier molecular flexibility index (Phi) is 3.15. The molecule has 0 bridgehead atoms. The molecule has 6 nitrogen and oxygen atoms in total. The first-order valence-corrected chi connectivity index (χ1v) is 6.25. The van der Waals surface area contributed by atoms with E-state index in [-0.39, 0.29) is 0 Å². The number of benzene rings is 1. The van der Waals surface area contributed by atoms with Gasteiger partial charge in [0.25, 0.3) is 0 Å². The summed E-state index contributed by atoms with van der Waals surface area (Å²) in [6, 6.07) is 5.91. The summed E-state index contributed by atoms with van der Waals surface area (Å²) in [5.74, 6) is 2.39. The van der Waals surface area contributed by atoms with Gasteiger partial charge in [0.15, 0.2) is 11.6 Å². The number of methoxy groups -OCH3 is 2. The molecule has 1 aliphatic rings. The molecule has 1 aromatic heterocycles. The first-order chi connectivity index (χ1) is 9.76. The minimum atomic E-state index is 0.416. The van der Waals surface area contributed by atoms with Crippen LogP contribution in [0.15, 0.2) is 30.6 Å². The average Bonchev–Trinajstić information content (AvgIpc) is 2.51. The van der Waals surface area contributed by atoms with E-state index in [9.17, 15) is 0 Å². The molecule has 20 heavy (non-hydrogen) atoms. The zero-order valence-corrected chi connectivity index (χ0v) is 11.7. The molecule has 0 unspecified atom stereocenters. The Morgan fingerprint density at radius 2 is 1.80 bits per heavy atom. The van der Waals surface area contributed by atoms with Crippen LogP contribution >= 0.6 is 0 Å². The van der Waals surface area contributed by atoms with E-state index in [1.807, 2.05) is 35.0 Å². The topological polar surface area (TPSA) is 50.7 Å². The third-order valence-corrected chi connectivity index (χ3v) is 3.33. The van der Waals surface area contributed by atoms with Crippen molar-refractivity contribution in [1.29, 1.82) is 0 Å². The molecular formula is C14H16N4O2. The first-order valence-electron chi connectivity index (χ1n) is 6.25. The van der Waals surface area contributed by atoms with E-state index >= 15 is 0 Å². The smallest absolute Gasteiger partial charge is 0.178 e. The maximum atomic E-state index is 5.30. The first kappa shape index (κ1) is 12.7. The van der Waals surface area contributed by atoms with E-state index in [0.717, 1.165) is 28.8 Å². The number of ether oxygens (including phenoxy) is 2. The van der Waals surface area contributed by atoms with Crippen LogP contribution in [-0.4, -0.2) is 38.0 Å². The number of hydrogen-bond donors (Lipinski definition) is 0. The van der Waals surface area contributed by atoms with Crippen molar-refractivity contribution >= 4 is 23.0 Å². The zero-order chi connectivity index (χ0) is 14.1. The Morgan fingerprint density at radius 3 is 2.50 bits per heavy atom. The molecule has 0 N–H and O–H groups in total. The zero-order valence-electron chi connectivity index (χ0n) is 11.7. The van der Waals surface area contributed by atoms with E-state index in [2.05, 4.69) is 9.97 Å². The molecule has 1 aromatic carbocycles. The van der Waals surface area contributed by atoms with Gasteiger partial charge in [-0.15, -0.1) is 0 Å². The van der Waals surface area contributed by atoms with Gasteiger partial charge in [-0.1, -0.05) is 0 Å². The van der Waals surface area contributed by atoms with Crippen LogP contribution in [-0.2, 0) is 4.74 Å². The molecule has 0 atom stereocenters. The van der Waals surface area contributed by atoms with Gasteiger partial charge in [0.05, 0.1) is 18.5 Å². The van der Waals surface area contributed by atoms with Crippen LogP contribution in [0.25, 0.3) is 0 Å². The normalized spacial score (nSPS) is 12.9. The highest BCUT2D eigenvalue weighted by molar-refractivity contribution is 5.89. The molecule has 0 saturated heterocycles. The Bertz CT molecular complexity index is 632. The molecule has 1 aliphatic heterocycles. The molecule has 2 aromatic rings. The average molecular weight is 272 g/mol. The molecule has 0 fully saturated rings. The monoisotopic (exact) mass is 272 g/mol. The van der Waals surface area contributed by atoms with Crippen LogP contribution < -0.4 is 14.5 Å². The van der Waals surface area contributed by atoms with Gasteiger partial charge < -0.3 is 14.4 Å². The standard InChI is InChI=1S/C14H16N4O2/c1-17-12-8-10(20-3)4-5-11(12)18(9-19-2)14-13(17)15-6-7-16-14/h4-8H,9H2,1-3H3. The lowest BCUT2D eigenvalue weighted by Gasteiger charge is -2.36. The van der Waals surface area contributed by atoms with Crippen molar-refractivity contribution in [2.45, 2.75) is 0 Å². The highest BCUT2D eigenvalue weighted by atomic mass is 16.5. The highest BCUT2D eigenvalue weighted by Gasteiger charge is 2.28. The largest absolute Gasteiger partial charge is 0.497 e. The van der Waals surface area contributed by atoms with Gasteiger partial charge in [-0.25, -0.2) is 9.97 Å². The Balaban J connectivity index is 2.18. The molecule has 0 saturated carbocycles. The molecule has 0 spiro atoms. The van der Waals surface area contributed by atoms with Crippen LogP contribution in [0.5, 0.6) is 5.75 Å². The lowest BCUT2D eigenvalue weighted by molar-refractivity contribution is 0.205. The van der Waals surface area contributed by atoms with Crippen LogP contribution in [0.2, 0.25) is 0 Å². The minimum Gasteiger partial charge on any atom is -0.497 e. The lowest BCUT2D eigenvalue weighted by atomic mass is 10.1. The molecule has 6 heteroatoms. The summed E-state index contributed by atoms with van der Waals surface area (Å²) < 4.78 is 10.6. The maximum Gasteiger partial charge on any atom is 0.178 e. The van der Waals surface area contributed by atoms with E-state index < -0.39 is 0 Å². The van der Waals surface area contributed by atoms with E-state index in [1.165, 1.54) is 0 Å². The molecular weight excluding hydrogens is 256 g/mol. The van der Waals surface area contributed by atoms with Crippen molar-refractivity contribution in [3.8, 4) is 5.75 Å². The molecule has 0 amide bonds. The maximum absolute atomic E-state index is 5.30. The summed E-state index contributed by atoms with van der Waals surface area (Å²) in [6.45, 7) is 0.416. The van der Waals surface area contributed by atoms with Crippen LogP contribution in [0.4, 0.5) is 23.0 Å². The third-order valence-electron chi connectivity index (χ3n) is 3.33. The van der Waals surface area contributed by atoms with E-state index in [4.69, 9.17) is 9.47 Å². The van der Waals surface area contributed by atoms with E-state index in [0.29, 0.717) is 6.73 Å². The summed E-state index contributed by atoms with van der Waals surface area (Å²) >= 11 is 0. The molecule has 0 radical (unpaired) electrons. The van der Waals surface area contributed by atoms with Gasteiger partial charge in [-0.3, -0.25) is 4.90 Å². The SMILES string of the molecule is COCN1c2ccc(OC)cc2N(C)c2nccnc21. The van der Waals surface area contributed by atoms with Gasteiger partial charge in [0.2, 0.25) is 0 Å². The molecule has 0 aliphatic carbocycles. The summed E-state index contributed by atoms with van der Waals surface area (Å²) in [5, 5.41) is 0. The van der Waals surface area contributed by atoms with E-state index in [1.54, 1.807) is 26.6 Å². The predicted molar refractivity (Wildman–Crippen MR) is 77.1 cm³/mol. The predicted octanol–water partition coefficient (Wildman–Crippen LogP) is 2.31. The second-order valence-electron chi connectivity index (χ2n) is 4.46. The molecule has 104 valence electrons. The third kappa shape index (κ3) is 1.85. The van der Waals surface area contributed by atoms with Gasteiger partial charge in [0, 0.05) is 32.6 Å². The second-order valence-corrected chi connectivity index (χ2v) is 4.46. The summed E-state index contributed by atoms with van der Waals surface area (Å²) in [6.07, 6.45) is 3.37. The number of aromatic nitrogens is 2. The number of hydrogen-bond acceptors (Lipinski definition) is 6. The fourth-order valence-corrected chi connectivity index (χ4v) is 2.37. The number of fused-ring (bicyclic) bond motifs is 2. The Hall–Kier alpha value is -2.34. The van der Waals surface area contributed by atoms with Crippen molar-refractivity contribution in [1.82, 2.24) is 9.97 Å². The second kappa shape index (κ2) is 4.97. The van der Waals surface area contributed by atoms with Gasteiger partial charge in [-0.2, -0.15) is 0 Å². The van der Waals surface area contributed by atoms with Crippen LogP contribution in [0.3, 0.4) is 0 Å². The highest BCUT2D eigenvalue weighted by Crippen LogP contribution is 2.45. The number of rotatable bonds is 3. The van der Waals surface area contributed by atoms with Crippen molar-refractivity contribution in [3.63, 3.8) is 0 Å². The lowest BCUT2D eigenvalue weighted by Crippen LogP contribution is -2.30. The summed E-state index contributed by atoms with van der Waals surface area (Å²) in [4.78, 5) is 12.8. The van der Waals surface area contributed by atoms with Gasteiger partial charge >= 0.3 is 0 Å². The fraction of sp³-hybridized carbons (Fsp3) is 0.286. The summed E-state index contributed by atoms with van der Waals surface area (Å²) in [7, 11) is 5.29. The summed E-state index contributed by atoms with van der Waals surface area (Å²) in [5.41, 5.74) is 2.03. The van der Waals surface area contributed by atoms with Crippen molar-refractivity contribution < 1.29 is 9.47 Å². The molecule has 2 heterocycles.